The molecule has 3 aromatic heterocycles. The normalized spacial score (nSPS) is 16.1. The van der Waals surface area contributed by atoms with E-state index in [9.17, 15) is 4.79 Å². The number of fused-ring (bicyclic) bond motifs is 2. The highest BCUT2D eigenvalue weighted by molar-refractivity contribution is 5.93. The van der Waals surface area contributed by atoms with Crippen molar-refractivity contribution >= 4 is 11.6 Å². The molecule has 31 heavy (non-hydrogen) atoms. The fraction of sp³-hybridized carbons (Fsp3) is 0.348. The van der Waals surface area contributed by atoms with Gasteiger partial charge >= 0.3 is 0 Å². The summed E-state index contributed by atoms with van der Waals surface area (Å²) in [7, 11) is 0. The van der Waals surface area contributed by atoms with Crippen LogP contribution >= 0.6 is 0 Å². The molecular weight excluding hydrogens is 390 g/mol. The molecule has 1 N–H and O–H groups in total. The number of amides is 1. The molecule has 1 aromatic carbocycles. The van der Waals surface area contributed by atoms with Crippen molar-refractivity contribution in [3.05, 3.63) is 76.8 Å². The quantitative estimate of drug-likeness (QED) is 0.553. The molecule has 5 rings (SSSR count). The van der Waals surface area contributed by atoms with E-state index in [-0.39, 0.29) is 11.9 Å². The lowest BCUT2D eigenvalue weighted by Crippen LogP contribution is -2.35. The number of aryl methyl sites for hydroxylation is 3. The Kier molecular flexibility index (Phi) is 4.97. The number of hydrogen-bond donors (Lipinski definition) is 1. The molecule has 4 aromatic rings. The van der Waals surface area contributed by atoms with Crippen LogP contribution in [0.25, 0.3) is 5.65 Å². The van der Waals surface area contributed by atoms with Crippen LogP contribution in [0.3, 0.4) is 0 Å². The van der Waals surface area contributed by atoms with Crippen LogP contribution in [0.4, 0.5) is 0 Å². The third-order valence-electron chi connectivity index (χ3n) is 5.83. The summed E-state index contributed by atoms with van der Waals surface area (Å²) in [4.78, 5) is 17.3. The van der Waals surface area contributed by atoms with Gasteiger partial charge in [-0.3, -0.25) is 4.79 Å². The first-order valence-electron chi connectivity index (χ1n) is 10.7. The van der Waals surface area contributed by atoms with Gasteiger partial charge in [0.25, 0.3) is 5.91 Å². The fourth-order valence-corrected chi connectivity index (χ4v) is 4.26. The molecule has 0 bridgehead atoms. The van der Waals surface area contributed by atoms with Crippen LogP contribution in [0, 0.1) is 13.8 Å². The van der Waals surface area contributed by atoms with Crippen LogP contribution in [-0.2, 0) is 19.4 Å². The number of benzene rings is 1. The second-order valence-electron chi connectivity index (χ2n) is 8.18. The number of nitrogens with one attached hydrogen (secondary N) is 1. The van der Waals surface area contributed by atoms with Crippen molar-refractivity contribution in [3.63, 3.8) is 0 Å². The zero-order valence-corrected chi connectivity index (χ0v) is 17.7. The molecule has 8 nitrogen and oxygen atoms in total. The first-order chi connectivity index (χ1) is 15.1. The lowest BCUT2D eigenvalue weighted by atomic mass is 10.1. The van der Waals surface area contributed by atoms with E-state index < -0.39 is 0 Å². The molecule has 4 heterocycles. The first kappa shape index (κ1) is 19.4. The van der Waals surface area contributed by atoms with Crippen molar-refractivity contribution < 1.29 is 4.79 Å². The van der Waals surface area contributed by atoms with E-state index in [0.717, 1.165) is 55.3 Å². The van der Waals surface area contributed by atoms with Gasteiger partial charge in [0.15, 0.2) is 11.3 Å². The van der Waals surface area contributed by atoms with Gasteiger partial charge in [0.1, 0.15) is 11.6 Å². The standard InChI is InChI=1S/C23H25N7O/c1-15-12-16(2)30-21(24-15)14-19(28-30)23(31)25-18-8-9-20-26-27-22(29(20)11-10-18)13-17-6-4-3-5-7-17/h3-7,12,14,18H,8-11,13H2,1-2H3,(H,25,31). The Morgan fingerprint density at radius 1 is 1.13 bits per heavy atom. The molecule has 0 saturated carbocycles. The van der Waals surface area contributed by atoms with Crippen LogP contribution in [0.15, 0.2) is 42.5 Å². The molecular formula is C23H25N7O. The van der Waals surface area contributed by atoms with Crippen molar-refractivity contribution in [2.45, 2.75) is 52.1 Å². The molecule has 0 saturated heterocycles. The van der Waals surface area contributed by atoms with Crippen LogP contribution < -0.4 is 5.32 Å². The lowest BCUT2D eigenvalue weighted by Gasteiger charge is -2.15. The van der Waals surface area contributed by atoms with Gasteiger partial charge in [-0.1, -0.05) is 30.3 Å². The van der Waals surface area contributed by atoms with Crippen LogP contribution in [-0.4, -0.2) is 41.3 Å². The second-order valence-corrected chi connectivity index (χ2v) is 8.18. The van der Waals surface area contributed by atoms with Gasteiger partial charge in [-0.15, -0.1) is 10.2 Å². The minimum absolute atomic E-state index is 0.0689. The van der Waals surface area contributed by atoms with Gasteiger partial charge in [0.2, 0.25) is 0 Å². The number of rotatable bonds is 4. The van der Waals surface area contributed by atoms with Crippen LogP contribution in [0.5, 0.6) is 0 Å². The molecule has 0 fully saturated rings. The molecule has 0 spiro atoms. The van der Waals surface area contributed by atoms with Gasteiger partial charge < -0.3 is 9.88 Å². The van der Waals surface area contributed by atoms with Crippen molar-refractivity contribution in [2.24, 2.45) is 0 Å². The molecule has 0 radical (unpaired) electrons. The van der Waals surface area contributed by atoms with E-state index >= 15 is 0 Å². The highest BCUT2D eigenvalue weighted by Crippen LogP contribution is 2.18. The monoisotopic (exact) mass is 415 g/mol. The number of carbonyl (C=O) groups is 1. The molecule has 1 aliphatic rings. The SMILES string of the molecule is Cc1cc(C)n2nc(C(=O)NC3CCc4nnc(Cc5ccccc5)n4CC3)cc2n1. The average Bonchev–Trinajstić information content (AvgIpc) is 3.29. The number of nitrogens with zero attached hydrogens (tertiary/aromatic N) is 6. The predicted octanol–water partition coefficient (Wildman–Crippen LogP) is 2.66. The number of carbonyl (C=O) groups excluding carboxylic acids is 1. The maximum absolute atomic E-state index is 12.9. The molecule has 1 atom stereocenters. The largest absolute Gasteiger partial charge is 0.348 e. The van der Waals surface area contributed by atoms with E-state index in [1.807, 2.05) is 38.1 Å². The van der Waals surface area contributed by atoms with Crippen molar-refractivity contribution in [3.8, 4) is 0 Å². The van der Waals surface area contributed by atoms with Gasteiger partial charge in [-0.25, -0.2) is 9.50 Å². The number of aromatic nitrogens is 6. The maximum atomic E-state index is 12.9. The van der Waals surface area contributed by atoms with Crippen molar-refractivity contribution in [2.75, 3.05) is 0 Å². The summed E-state index contributed by atoms with van der Waals surface area (Å²) < 4.78 is 3.92. The third kappa shape index (κ3) is 3.93. The molecule has 1 unspecified atom stereocenters. The Labute approximate surface area is 180 Å². The van der Waals surface area contributed by atoms with Crippen LogP contribution in [0.1, 0.15) is 51.9 Å². The summed E-state index contributed by atoms with van der Waals surface area (Å²) >= 11 is 0. The topological polar surface area (TPSA) is 90.0 Å². The highest BCUT2D eigenvalue weighted by atomic mass is 16.2. The molecule has 0 aliphatic carbocycles. The van der Waals surface area contributed by atoms with Crippen molar-refractivity contribution in [1.82, 2.24) is 34.7 Å². The van der Waals surface area contributed by atoms with E-state index in [0.29, 0.717) is 11.3 Å². The molecule has 158 valence electrons. The Morgan fingerprint density at radius 3 is 2.81 bits per heavy atom. The Bertz CT molecular complexity index is 1240. The van der Waals surface area contributed by atoms with Crippen molar-refractivity contribution in [1.29, 1.82) is 0 Å². The van der Waals surface area contributed by atoms with Gasteiger partial charge in [0, 0.05) is 42.9 Å². The summed E-state index contributed by atoms with van der Waals surface area (Å²) in [5, 5.41) is 16.4. The summed E-state index contributed by atoms with van der Waals surface area (Å²) in [6.07, 6.45) is 3.22. The Hall–Kier alpha value is -3.55. The first-order valence-corrected chi connectivity index (χ1v) is 10.7. The van der Waals surface area contributed by atoms with E-state index in [1.165, 1.54) is 5.56 Å². The molecule has 1 amide bonds. The second kappa shape index (κ2) is 7.94. The van der Waals surface area contributed by atoms with Gasteiger partial charge in [-0.2, -0.15) is 5.10 Å². The van der Waals surface area contributed by atoms with E-state index in [1.54, 1.807) is 10.6 Å². The van der Waals surface area contributed by atoms with Crippen LogP contribution in [0.2, 0.25) is 0 Å². The Balaban J connectivity index is 1.27. The van der Waals surface area contributed by atoms with E-state index in [4.69, 9.17) is 0 Å². The predicted molar refractivity (Wildman–Crippen MR) is 116 cm³/mol. The lowest BCUT2D eigenvalue weighted by molar-refractivity contribution is 0.0927. The summed E-state index contributed by atoms with van der Waals surface area (Å²) in [5.74, 6) is 1.81. The summed E-state index contributed by atoms with van der Waals surface area (Å²) in [5.41, 5.74) is 4.18. The summed E-state index contributed by atoms with van der Waals surface area (Å²) in [6.45, 7) is 4.69. The minimum atomic E-state index is -0.158. The van der Waals surface area contributed by atoms with Gasteiger partial charge in [0.05, 0.1) is 0 Å². The molecule has 8 heteroatoms. The third-order valence-corrected chi connectivity index (χ3v) is 5.83. The zero-order valence-electron chi connectivity index (χ0n) is 17.7. The van der Waals surface area contributed by atoms with Gasteiger partial charge in [-0.05, 0) is 38.3 Å². The summed E-state index contributed by atoms with van der Waals surface area (Å²) in [6, 6.07) is 14.1. The maximum Gasteiger partial charge on any atom is 0.272 e. The zero-order chi connectivity index (χ0) is 21.4. The minimum Gasteiger partial charge on any atom is -0.348 e. The fourth-order valence-electron chi connectivity index (χ4n) is 4.26. The Morgan fingerprint density at radius 2 is 1.97 bits per heavy atom. The number of hydrogen-bond acceptors (Lipinski definition) is 5. The average molecular weight is 416 g/mol. The van der Waals surface area contributed by atoms with E-state index in [2.05, 4.69) is 42.3 Å². The highest BCUT2D eigenvalue weighted by Gasteiger charge is 2.23. The smallest absolute Gasteiger partial charge is 0.272 e. The molecule has 1 aliphatic heterocycles.